The van der Waals surface area contributed by atoms with Gasteiger partial charge in [-0.3, -0.25) is 0 Å². The summed E-state index contributed by atoms with van der Waals surface area (Å²) in [6, 6.07) is 15.5. The number of carbonyl (C=O) groups is 1. The maximum Gasteiger partial charge on any atom is 0.337 e. The van der Waals surface area contributed by atoms with E-state index in [1.807, 2.05) is 0 Å². The first kappa shape index (κ1) is 19.4. The molecule has 1 heterocycles. The first-order valence-corrected chi connectivity index (χ1v) is 9.75. The van der Waals surface area contributed by atoms with Crippen molar-refractivity contribution in [2.45, 2.75) is 9.92 Å². The standard InChI is InChI=1S/C20H18N2O5S/c1-22(17-7-4-3-6-16(17)20(23)24)18-8-5-13-21-19(18)28(25,26)15-11-9-14(27-2)10-12-15/h3-13H,1-2H3,(H,23,24). The number of benzene rings is 2. The summed E-state index contributed by atoms with van der Waals surface area (Å²) in [6.45, 7) is 0. The molecule has 0 aliphatic heterocycles. The fraction of sp³-hybridized carbons (Fsp3) is 0.100. The van der Waals surface area contributed by atoms with E-state index >= 15 is 0 Å². The van der Waals surface area contributed by atoms with E-state index in [4.69, 9.17) is 4.74 Å². The SMILES string of the molecule is COc1ccc(S(=O)(=O)c2ncccc2N(C)c2ccccc2C(=O)O)cc1. The van der Waals surface area contributed by atoms with Crippen molar-refractivity contribution < 1.29 is 23.1 Å². The van der Waals surface area contributed by atoms with Crippen molar-refractivity contribution in [3.05, 3.63) is 72.4 Å². The summed E-state index contributed by atoms with van der Waals surface area (Å²) >= 11 is 0. The minimum atomic E-state index is -3.94. The molecule has 144 valence electrons. The van der Waals surface area contributed by atoms with Gasteiger partial charge < -0.3 is 14.7 Å². The summed E-state index contributed by atoms with van der Waals surface area (Å²) < 4.78 is 31.4. The molecule has 28 heavy (non-hydrogen) atoms. The van der Waals surface area contributed by atoms with Gasteiger partial charge in [-0.15, -0.1) is 0 Å². The Bertz CT molecular complexity index is 1110. The van der Waals surface area contributed by atoms with Crippen molar-refractivity contribution in [1.82, 2.24) is 4.98 Å². The molecule has 0 amide bonds. The monoisotopic (exact) mass is 398 g/mol. The molecule has 7 nitrogen and oxygen atoms in total. The van der Waals surface area contributed by atoms with Gasteiger partial charge in [-0.05, 0) is 48.5 Å². The number of methoxy groups -OCH3 is 1. The minimum Gasteiger partial charge on any atom is -0.497 e. The van der Waals surface area contributed by atoms with Crippen LogP contribution in [0.4, 0.5) is 11.4 Å². The minimum absolute atomic E-state index is 0.0571. The molecule has 8 heteroatoms. The number of aromatic nitrogens is 1. The lowest BCUT2D eigenvalue weighted by Gasteiger charge is -2.23. The number of carboxylic acid groups (broad SMARTS) is 1. The molecule has 0 aliphatic rings. The third kappa shape index (κ3) is 3.54. The number of para-hydroxylation sites is 1. The zero-order chi connectivity index (χ0) is 20.3. The van der Waals surface area contributed by atoms with E-state index in [1.165, 1.54) is 36.4 Å². The molecule has 0 bridgehead atoms. The Kier molecular flexibility index (Phi) is 5.32. The maximum absolute atomic E-state index is 13.2. The second-order valence-electron chi connectivity index (χ2n) is 5.89. The zero-order valence-electron chi connectivity index (χ0n) is 15.2. The normalized spacial score (nSPS) is 11.1. The quantitative estimate of drug-likeness (QED) is 0.680. The molecular formula is C20H18N2O5S. The summed E-state index contributed by atoms with van der Waals surface area (Å²) in [6.07, 6.45) is 1.39. The molecule has 0 spiro atoms. The van der Waals surface area contributed by atoms with Crippen molar-refractivity contribution in [2.24, 2.45) is 0 Å². The number of carboxylic acids is 1. The molecule has 0 radical (unpaired) electrons. The average molecular weight is 398 g/mol. The summed E-state index contributed by atoms with van der Waals surface area (Å²) in [5.41, 5.74) is 0.683. The van der Waals surface area contributed by atoms with Gasteiger partial charge in [0.05, 0.1) is 28.9 Å². The molecule has 0 saturated carbocycles. The van der Waals surface area contributed by atoms with Crippen molar-refractivity contribution in [1.29, 1.82) is 0 Å². The topological polar surface area (TPSA) is 96.8 Å². The van der Waals surface area contributed by atoms with Crippen LogP contribution in [0.5, 0.6) is 5.75 Å². The van der Waals surface area contributed by atoms with E-state index < -0.39 is 15.8 Å². The largest absolute Gasteiger partial charge is 0.497 e. The molecule has 3 aromatic rings. The number of ether oxygens (including phenoxy) is 1. The van der Waals surface area contributed by atoms with Gasteiger partial charge in [-0.2, -0.15) is 0 Å². The Hall–Kier alpha value is -3.39. The summed E-state index contributed by atoms with van der Waals surface area (Å²) in [7, 11) is -0.838. The highest BCUT2D eigenvalue weighted by molar-refractivity contribution is 7.91. The van der Waals surface area contributed by atoms with E-state index in [9.17, 15) is 18.3 Å². The van der Waals surface area contributed by atoms with E-state index in [0.29, 0.717) is 11.4 Å². The number of hydrogen-bond acceptors (Lipinski definition) is 6. The fourth-order valence-corrected chi connectivity index (χ4v) is 4.19. The van der Waals surface area contributed by atoms with Gasteiger partial charge in [0, 0.05) is 13.2 Å². The van der Waals surface area contributed by atoms with Gasteiger partial charge in [0.1, 0.15) is 5.75 Å². The number of hydrogen-bond donors (Lipinski definition) is 1. The van der Waals surface area contributed by atoms with Crippen LogP contribution in [0.1, 0.15) is 10.4 Å². The van der Waals surface area contributed by atoms with E-state index in [-0.39, 0.29) is 21.2 Å². The Balaban J connectivity index is 2.12. The number of anilines is 2. The van der Waals surface area contributed by atoms with Gasteiger partial charge in [-0.1, -0.05) is 12.1 Å². The number of rotatable bonds is 6. The van der Waals surface area contributed by atoms with Gasteiger partial charge in [0.15, 0.2) is 5.03 Å². The van der Waals surface area contributed by atoms with E-state index in [0.717, 1.165) is 0 Å². The third-order valence-electron chi connectivity index (χ3n) is 4.23. The van der Waals surface area contributed by atoms with Crippen LogP contribution >= 0.6 is 0 Å². The second kappa shape index (κ2) is 7.69. The molecule has 2 aromatic carbocycles. The van der Waals surface area contributed by atoms with Crippen LogP contribution in [0.2, 0.25) is 0 Å². The highest BCUT2D eigenvalue weighted by Gasteiger charge is 2.26. The fourth-order valence-electron chi connectivity index (χ4n) is 2.79. The van der Waals surface area contributed by atoms with Gasteiger partial charge >= 0.3 is 5.97 Å². The first-order valence-electron chi connectivity index (χ1n) is 8.26. The molecular weight excluding hydrogens is 380 g/mol. The van der Waals surface area contributed by atoms with Crippen molar-refractivity contribution >= 4 is 27.2 Å². The summed E-state index contributed by atoms with van der Waals surface area (Å²) in [5.74, 6) is -0.571. The lowest BCUT2D eigenvalue weighted by Crippen LogP contribution is -2.18. The molecule has 0 fully saturated rings. The predicted molar refractivity (Wildman–Crippen MR) is 104 cm³/mol. The lowest BCUT2D eigenvalue weighted by molar-refractivity contribution is 0.0697. The molecule has 0 saturated heterocycles. The van der Waals surface area contributed by atoms with Gasteiger partial charge in [-0.25, -0.2) is 18.2 Å². The second-order valence-corrected chi connectivity index (χ2v) is 7.75. The van der Waals surface area contributed by atoms with Crippen LogP contribution in [0.25, 0.3) is 0 Å². The van der Waals surface area contributed by atoms with Crippen molar-refractivity contribution in [3.63, 3.8) is 0 Å². The number of pyridine rings is 1. The highest BCUT2D eigenvalue weighted by atomic mass is 32.2. The van der Waals surface area contributed by atoms with Crippen LogP contribution in [0, 0.1) is 0 Å². The van der Waals surface area contributed by atoms with Crippen LogP contribution in [0.3, 0.4) is 0 Å². The summed E-state index contributed by atoms with van der Waals surface area (Å²) in [4.78, 5) is 17.2. The van der Waals surface area contributed by atoms with Crippen LogP contribution in [-0.4, -0.2) is 38.6 Å². The van der Waals surface area contributed by atoms with Crippen molar-refractivity contribution in [3.8, 4) is 5.75 Å². The number of aromatic carboxylic acids is 1. The lowest BCUT2D eigenvalue weighted by atomic mass is 10.1. The highest BCUT2D eigenvalue weighted by Crippen LogP contribution is 2.33. The molecule has 0 unspecified atom stereocenters. The van der Waals surface area contributed by atoms with Crippen molar-refractivity contribution in [2.75, 3.05) is 19.1 Å². The van der Waals surface area contributed by atoms with Crippen LogP contribution < -0.4 is 9.64 Å². The maximum atomic E-state index is 13.2. The predicted octanol–water partition coefficient (Wildman–Crippen LogP) is 3.39. The molecule has 1 aromatic heterocycles. The van der Waals surface area contributed by atoms with Gasteiger partial charge in [0.25, 0.3) is 0 Å². The third-order valence-corrected chi connectivity index (χ3v) is 5.95. The number of sulfone groups is 1. The Morgan fingerprint density at radius 3 is 2.29 bits per heavy atom. The van der Waals surface area contributed by atoms with E-state index in [2.05, 4.69) is 4.98 Å². The molecule has 0 atom stereocenters. The van der Waals surface area contributed by atoms with Crippen LogP contribution in [0.15, 0.2) is 76.8 Å². The van der Waals surface area contributed by atoms with Gasteiger partial charge in [0.2, 0.25) is 9.84 Å². The first-order chi connectivity index (χ1) is 13.4. The Morgan fingerprint density at radius 2 is 1.64 bits per heavy atom. The van der Waals surface area contributed by atoms with Crippen LogP contribution in [-0.2, 0) is 9.84 Å². The molecule has 1 N–H and O–H groups in total. The Morgan fingerprint density at radius 1 is 1.00 bits per heavy atom. The zero-order valence-corrected chi connectivity index (χ0v) is 16.1. The smallest absolute Gasteiger partial charge is 0.337 e. The van der Waals surface area contributed by atoms with E-state index in [1.54, 1.807) is 49.5 Å². The number of nitrogens with zero attached hydrogens (tertiary/aromatic N) is 2. The summed E-state index contributed by atoms with van der Waals surface area (Å²) in [5, 5.41) is 9.28. The Labute approximate surface area is 162 Å². The molecule has 0 aliphatic carbocycles. The molecule has 3 rings (SSSR count). The average Bonchev–Trinajstić information content (AvgIpc) is 2.73.